The van der Waals surface area contributed by atoms with Crippen molar-refractivity contribution in [2.45, 2.75) is 6.42 Å². The fourth-order valence-electron chi connectivity index (χ4n) is 1.05. The number of hydrogen-bond acceptors (Lipinski definition) is 6. The zero-order chi connectivity index (χ0) is 12.2. The van der Waals surface area contributed by atoms with E-state index < -0.39 is 9.84 Å². The number of sulfone groups is 1. The molecule has 1 heterocycles. The summed E-state index contributed by atoms with van der Waals surface area (Å²) in [5, 5.41) is 2.98. The molecule has 0 unspecified atom stereocenters. The van der Waals surface area contributed by atoms with Crippen LogP contribution in [0.1, 0.15) is 6.42 Å². The Morgan fingerprint density at radius 3 is 2.81 bits per heavy atom. The second-order valence-electron chi connectivity index (χ2n) is 3.33. The van der Waals surface area contributed by atoms with E-state index in [1.54, 1.807) is 0 Å². The first-order valence-electron chi connectivity index (χ1n) is 4.58. The third kappa shape index (κ3) is 4.31. The van der Waals surface area contributed by atoms with Gasteiger partial charge in [-0.05, 0) is 22.4 Å². The van der Waals surface area contributed by atoms with E-state index in [0.29, 0.717) is 29.1 Å². The Bertz CT molecular complexity index is 463. The predicted octanol–water partition coefficient (Wildman–Crippen LogP) is 0.668. The van der Waals surface area contributed by atoms with Crippen LogP contribution in [0.4, 0.5) is 11.6 Å². The lowest BCUT2D eigenvalue weighted by atomic mass is 10.4. The number of nitrogen functional groups attached to an aromatic ring is 1. The van der Waals surface area contributed by atoms with E-state index in [1.807, 2.05) is 0 Å². The van der Waals surface area contributed by atoms with E-state index in [0.717, 1.165) is 0 Å². The predicted molar refractivity (Wildman–Crippen MR) is 67.0 cm³/mol. The van der Waals surface area contributed by atoms with Gasteiger partial charge in [0.15, 0.2) is 0 Å². The van der Waals surface area contributed by atoms with Crippen molar-refractivity contribution in [1.29, 1.82) is 0 Å². The Morgan fingerprint density at radius 1 is 1.50 bits per heavy atom. The summed E-state index contributed by atoms with van der Waals surface area (Å²) in [6.45, 7) is 0.516. The van der Waals surface area contributed by atoms with Gasteiger partial charge in [-0.25, -0.2) is 18.4 Å². The average Bonchev–Trinajstić information content (AvgIpc) is 2.17. The molecule has 0 aliphatic heterocycles. The molecular formula is C8H13BrN4O2S. The minimum atomic E-state index is -2.91. The zero-order valence-electron chi connectivity index (χ0n) is 8.77. The number of nitrogens with zero attached hydrogens (tertiary/aromatic N) is 2. The van der Waals surface area contributed by atoms with Crippen molar-refractivity contribution in [3.05, 3.63) is 10.8 Å². The van der Waals surface area contributed by atoms with Gasteiger partial charge in [-0.2, -0.15) is 0 Å². The highest BCUT2D eigenvalue weighted by Gasteiger charge is 2.06. The summed E-state index contributed by atoms with van der Waals surface area (Å²) in [6, 6.07) is 0. The van der Waals surface area contributed by atoms with Gasteiger partial charge in [-0.3, -0.25) is 0 Å². The molecule has 90 valence electrons. The molecule has 1 aromatic heterocycles. The fraction of sp³-hybridized carbons (Fsp3) is 0.500. The van der Waals surface area contributed by atoms with Crippen molar-refractivity contribution in [3.63, 3.8) is 0 Å². The molecule has 0 amide bonds. The smallest absolute Gasteiger partial charge is 0.147 e. The lowest BCUT2D eigenvalue weighted by Crippen LogP contribution is -2.11. The Morgan fingerprint density at radius 2 is 2.19 bits per heavy atom. The van der Waals surface area contributed by atoms with Gasteiger partial charge in [0.05, 0.1) is 5.75 Å². The molecule has 1 rings (SSSR count). The van der Waals surface area contributed by atoms with E-state index in [1.165, 1.54) is 12.6 Å². The van der Waals surface area contributed by atoms with Crippen LogP contribution in [0, 0.1) is 0 Å². The molecular weight excluding hydrogens is 296 g/mol. The lowest BCUT2D eigenvalue weighted by molar-refractivity contribution is 0.600. The van der Waals surface area contributed by atoms with Crippen molar-refractivity contribution in [3.8, 4) is 0 Å². The maximum Gasteiger partial charge on any atom is 0.147 e. The molecule has 0 fully saturated rings. The molecule has 0 aliphatic carbocycles. The third-order valence-corrected chi connectivity index (χ3v) is 3.61. The van der Waals surface area contributed by atoms with Gasteiger partial charge in [0.2, 0.25) is 0 Å². The highest BCUT2D eigenvalue weighted by Crippen LogP contribution is 2.23. The summed E-state index contributed by atoms with van der Waals surface area (Å²) < 4.78 is 22.4. The largest absolute Gasteiger partial charge is 0.383 e. The van der Waals surface area contributed by atoms with Crippen molar-refractivity contribution in [1.82, 2.24) is 9.97 Å². The first kappa shape index (κ1) is 13.2. The molecule has 0 spiro atoms. The summed E-state index contributed by atoms with van der Waals surface area (Å²) in [5.41, 5.74) is 5.56. The van der Waals surface area contributed by atoms with Crippen LogP contribution < -0.4 is 11.1 Å². The minimum Gasteiger partial charge on any atom is -0.383 e. The maximum atomic E-state index is 10.9. The first-order chi connectivity index (χ1) is 7.40. The maximum absolute atomic E-state index is 10.9. The zero-order valence-corrected chi connectivity index (χ0v) is 11.2. The highest BCUT2D eigenvalue weighted by atomic mass is 79.9. The molecule has 3 N–H and O–H groups in total. The van der Waals surface area contributed by atoms with E-state index in [9.17, 15) is 8.42 Å². The van der Waals surface area contributed by atoms with Crippen LogP contribution in [0.5, 0.6) is 0 Å². The van der Waals surface area contributed by atoms with Gasteiger partial charge in [0, 0.05) is 12.8 Å². The van der Waals surface area contributed by atoms with Crippen LogP contribution in [0.2, 0.25) is 0 Å². The van der Waals surface area contributed by atoms with Gasteiger partial charge < -0.3 is 11.1 Å². The summed E-state index contributed by atoms with van der Waals surface area (Å²) >= 11 is 3.24. The number of aromatic nitrogens is 2. The summed E-state index contributed by atoms with van der Waals surface area (Å²) in [5.74, 6) is 1.07. The summed E-state index contributed by atoms with van der Waals surface area (Å²) in [7, 11) is -2.91. The van der Waals surface area contributed by atoms with Crippen molar-refractivity contribution < 1.29 is 8.42 Å². The van der Waals surface area contributed by atoms with Crippen molar-refractivity contribution in [2.24, 2.45) is 0 Å². The van der Waals surface area contributed by atoms with Crippen LogP contribution in [-0.4, -0.2) is 36.9 Å². The Hall–Kier alpha value is -0.890. The van der Waals surface area contributed by atoms with E-state index in [4.69, 9.17) is 5.73 Å². The average molecular weight is 309 g/mol. The van der Waals surface area contributed by atoms with Gasteiger partial charge in [0.25, 0.3) is 0 Å². The molecule has 0 aromatic carbocycles. The highest BCUT2D eigenvalue weighted by molar-refractivity contribution is 9.10. The summed E-state index contributed by atoms with van der Waals surface area (Å²) in [4.78, 5) is 7.77. The molecule has 0 saturated heterocycles. The number of anilines is 2. The number of hydrogen-bond donors (Lipinski definition) is 2. The Balaban J connectivity index is 2.47. The van der Waals surface area contributed by atoms with Gasteiger partial charge >= 0.3 is 0 Å². The minimum absolute atomic E-state index is 0.151. The standard InChI is InChI=1S/C8H13BrN4O2S/c1-16(14,15)4-2-3-11-8-6(9)7(10)12-5-13-8/h5H,2-4H2,1H3,(H3,10,11,12,13). The molecule has 1 aromatic rings. The molecule has 8 heteroatoms. The topological polar surface area (TPSA) is 98.0 Å². The van der Waals surface area contributed by atoms with Gasteiger partial charge in [0.1, 0.15) is 32.3 Å². The molecule has 6 nitrogen and oxygen atoms in total. The monoisotopic (exact) mass is 308 g/mol. The van der Waals surface area contributed by atoms with E-state index in [2.05, 4.69) is 31.2 Å². The second kappa shape index (κ2) is 5.44. The SMILES string of the molecule is CS(=O)(=O)CCCNc1ncnc(N)c1Br. The molecule has 0 aliphatic rings. The second-order valence-corrected chi connectivity index (χ2v) is 6.38. The van der Waals surface area contributed by atoms with Gasteiger partial charge in [-0.15, -0.1) is 0 Å². The molecule has 0 bridgehead atoms. The normalized spacial score (nSPS) is 11.4. The molecule has 16 heavy (non-hydrogen) atoms. The van der Waals surface area contributed by atoms with E-state index in [-0.39, 0.29) is 5.75 Å². The lowest BCUT2D eigenvalue weighted by Gasteiger charge is -2.07. The number of rotatable bonds is 5. The Labute approximate surface area is 103 Å². The summed E-state index contributed by atoms with van der Waals surface area (Å²) in [6.07, 6.45) is 3.08. The fourth-order valence-corrected chi connectivity index (χ4v) is 2.06. The van der Waals surface area contributed by atoms with Crippen LogP contribution >= 0.6 is 15.9 Å². The van der Waals surface area contributed by atoms with Crippen LogP contribution in [-0.2, 0) is 9.84 Å². The number of nitrogens with one attached hydrogen (secondary N) is 1. The molecule has 0 radical (unpaired) electrons. The van der Waals surface area contributed by atoms with Gasteiger partial charge in [-0.1, -0.05) is 0 Å². The van der Waals surface area contributed by atoms with Crippen molar-refractivity contribution in [2.75, 3.05) is 29.6 Å². The van der Waals surface area contributed by atoms with Crippen LogP contribution in [0.3, 0.4) is 0 Å². The first-order valence-corrected chi connectivity index (χ1v) is 7.43. The van der Waals surface area contributed by atoms with E-state index >= 15 is 0 Å². The Kier molecular flexibility index (Phi) is 4.48. The molecule has 0 atom stereocenters. The third-order valence-electron chi connectivity index (χ3n) is 1.80. The van der Waals surface area contributed by atoms with Crippen molar-refractivity contribution >= 4 is 37.4 Å². The van der Waals surface area contributed by atoms with Crippen LogP contribution in [0.25, 0.3) is 0 Å². The van der Waals surface area contributed by atoms with Crippen LogP contribution in [0.15, 0.2) is 10.8 Å². The number of halogens is 1. The quantitative estimate of drug-likeness (QED) is 0.776. The molecule has 0 saturated carbocycles. The number of nitrogens with two attached hydrogens (primary N) is 1.